The second-order valence-electron chi connectivity index (χ2n) is 4.13. The van der Waals surface area contributed by atoms with E-state index in [0.29, 0.717) is 5.69 Å². The molecule has 86 valence electrons. The lowest BCUT2D eigenvalue weighted by atomic mass is 10.1. The van der Waals surface area contributed by atoms with Gasteiger partial charge in [-0.3, -0.25) is 4.68 Å². The maximum Gasteiger partial charge on any atom is 0.0955 e. The lowest BCUT2D eigenvalue weighted by molar-refractivity contribution is 0.776. The largest absolute Gasteiger partial charge is 0.396 e. The molecule has 5 heteroatoms. The Hall–Kier alpha value is -2.30. The fraction of sp³-hybridized carbons (Fsp3) is 0.167. The molecule has 17 heavy (non-hydrogen) atoms. The molecule has 0 spiro atoms. The SMILES string of the molecule is Cn1ncc(N)c1-c1ccc2c(c1)ncn2C. The second kappa shape index (κ2) is 3.35. The molecule has 0 fully saturated rings. The van der Waals surface area contributed by atoms with Crippen LogP contribution in [-0.2, 0) is 14.1 Å². The van der Waals surface area contributed by atoms with Crippen LogP contribution in [0.25, 0.3) is 22.3 Å². The summed E-state index contributed by atoms with van der Waals surface area (Å²) < 4.78 is 3.77. The number of nitrogens with two attached hydrogens (primary N) is 1. The number of hydrogen-bond acceptors (Lipinski definition) is 3. The van der Waals surface area contributed by atoms with Crippen LogP contribution in [-0.4, -0.2) is 19.3 Å². The minimum absolute atomic E-state index is 0.683. The van der Waals surface area contributed by atoms with Crippen molar-refractivity contribution in [2.75, 3.05) is 5.73 Å². The third-order valence-electron chi connectivity index (χ3n) is 2.97. The number of aromatic nitrogens is 4. The smallest absolute Gasteiger partial charge is 0.0955 e. The summed E-state index contributed by atoms with van der Waals surface area (Å²) in [7, 11) is 3.86. The van der Waals surface area contributed by atoms with Gasteiger partial charge in [-0.2, -0.15) is 5.10 Å². The van der Waals surface area contributed by atoms with E-state index in [4.69, 9.17) is 5.73 Å². The highest BCUT2D eigenvalue weighted by Gasteiger charge is 2.09. The first-order valence-electron chi connectivity index (χ1n) is 5.36. The van der Waals surface area contributed by atoms with Crippen molar-refractivity contribution in [3.63, 3.8) is 0 Å². The maximum absolute atomic E-state index is 5.91. The summed E-state index contributed by atoms with van der Waals surface area (Å²) in [4.78, 5) is 4.34. The number of nitrogen functional groups attached to an aromatic ring is 1. The highest BCUT2D eigenvalue weighted by Crippen LogP contribution is 2.27. The zero-order valence-electron chi connectivity index (χ0n) is 9.75. The molecule has 5 nitrogen and oxygen atoms in total. The topological polar surface area (TPSA) is 61.7 Å². The molecular formula is C12H13N5. The van der Waals surface area contributed by atoms with Crippen LogP contribution in [0.2, 0.25) is 0 Å². The summed E-state index contributed by atoms with van der Waals surface area (Å²) in [5.74, 6) is 0. The average Bonchev–Trinajstić information content (AvgIpc) is 2.83. The van der Waals surface area contributed by atoms with E-state index in [9.17, 15) is 0 Å². The average molecular weight is 227 g/mol. The Labute approximate surface area is 98.5 Å². The lowest BCUT2D eigenvalue weighted by Crippen LogP contribution is -1.95. The molecule has 0 aliphatic heterocycles. The first-order chi connectivity index (χ1) is 8.16. The third-order valence-corrected chi connectivity index (χ3v) is 2.97. The van der Waals surface area contributed by atoms with Crippen molar-refractivity contribution in [1.29, 1.82) is 0 Å². The van der Waals surface area contributed by atoms with Crippen molar-refractivity contribution in [3.8, 4) is 11.3 Å². The minimum Gasteiger partial charge on any atom is -0.396 e. The van der Waals surface area contributed by atoms with E-state index in [2.05, 4.69) is 10.1 Å². The van der Waals surface area contributed by atoms with Gasteiger partial charge in [0.1, 0.15) is 0 Å². The summed E-state index contributed by atoms with van der Waals surface area (Å²) in [6.07, 6.45) is 3.47. The van der Waals surface area contributed by atoms with Crippen molar-refractivity contribution in [1.82, 2.24) is 19.3 Å². The van der Waals surface area contributed by atoms with Gasteiger partial charge in [-0.25, -0.2) is 4.98 Å². The van der Waals surface area contributed by atoms with Crippen LogP contribution in [0.15, 0.2) is 30.7 Å². The van der Waals surface area contributed by atoms with E-state index >= 15 is 0 Å². The molecule has 0 atom stereocenters. The molecule has 2 aromatic heterocycles. The van der Waals surface area contributed by atoms with Crippen molar-refractivity contribution < 1.29 is 0 Å². The summed E-state index contributed by atoms with van der Waals surface area (Å²) >= 11 is 0. The third kappa shape index (κ3) is 1.39. The van der Waals surface area contributed by atoms with Crippen molar-refractivity contribution in [2.24, 2.45) is 14.1 Å². The minimum atomic E-state index is 0.683. The molecule has 0 radical (unpaired) electrons. The van der Waals surface area contributed by atoms with E-state index < -0.39 is 0 Å². The second-order valence-corrected chi connectivity index (χ2v) is 4.13. The van der Waals surface area contributed by atoms with Gasteiger partial charge in [0, 0.05) is 19.7 Å². The van der Waals surface area contributed by atoms with Crippen LogP contribution in [0.1, 0.15) is 0 Å². The van der Waals surface area contributed by atoms with Gasteiger partial charge in [-0.15, -0.1) is 0 Å². The highest BCUT2D eigenvalue weighted by atomic mass is 15.3. The number of fused-ring (bicyclic) bond motifs is 1. The number of imidazole rings is 1. The summed E-state index contributed by atoms with van der Waals surface area (Å²) in [6, 6.07) is 6.12. The zero-order chi connectivity index (χ0) is 12.0. The van der Waals surface area contributed by atoms with Crippen molar-refractivity contribution in [3.05, 3.63) is 30.7 Å². The molecule has 3 aromatic rings. The fourth-order valence-corrected chi connectivity index (χ4v) is 2.09. The fourth-order valence-electron chi connectivity index (χ4n) is 2.09. The normalized spacial score (nSPS) is 11.2. The summed E-state index contributed by atoms with van der Waals surface area (Å²) in [5, 5.41) is 4.14. The molecule has 0 unspecified atom stereocenters. The molecule has 0 amide bonds. The molecule has 0 aliphatic carbocycles. The predicted octanol–water partition coefficient (Wildman–Crippen LogP) is 1.56. The number of nitrogens with zero attached hydrogens (tertiary/aromatic N) is 4. The monoisotopic (exact) mass is 227 g/mol. The first kappa shape index (κ1) is 9.89. The standard InChI is InChI=1S/C12H13N5/c1-16-7-14-10-5-8(3-4-11(10)16)12-9(13)6-15-17(12)2/h3-7H,13H2,1-2H3. The molecular weight excluding hydrogens is 214 g/mol. The predicted molar refractivity (Wildman–Crippen MR) is 67.3 cm³/mol. The number of rotatable bonds is 1. The molecule has 0 saturated carbocycles. The highest BCUT2D eigenvalue weighted by molar-refractivity contribution is 5.84. The van der Waals surface area contributed by atoms with E-state index in [0.717, 1.165) is 22.3 Å². The molecule has 0 bridgehead atoms. The number of aryl methyl sites for hydroxylation is 2. The van der Waals surface area contributed by atoms with Gasteiger partial charge in [0.05, 0.1) is 34.9 Å². The Balaban J connectivity index is 2.25. The van der Waals surface area contributed by atoms with Crippen LogP contribution < -0.4 is 5.73 Å². The van der Waals surface area contributed by atoms with Gasteiger partial charge < -0.3 is 10.3 Å². The van der Waals surface area contributed by atoms with Gasteiger partial charge in [-0.05, 0) is 12.1 Å². The Morgan fingerprint density at radius 2 is 2.06 bits per heavy atom. The van der Waals surface area contributed by atoms with Gasteiger partial charge in [-0.1, -0.05) is 6.07 Å². The first-order valence-corrected chi connectivity index (χ1v) is 5.36. The van der Waals surface area contributed by atoms with Crippen LogP contribution in [0.5, 0.6) is 0 Å². The number of hydrogen-bond donors (Lipinski definition) is 1. The van der Waals surface area contributed by atoms with Crippen LogP contribution in [0, 0.1) is 0 Å². The number of benzene rings is 1. The molecule has 1 aromatic carbocycles. The van der Waals surface area contributed by atoms with Gasteiger partial charge in [0.2, 0.25) is 0 Å². The van der Waals surface area contributed by atoms with E-state index in [1.807, 2.05) is 36.9 Å². The maximum atomic E-state index is 5.91. The van der Waals surface area contributed by atoms with Crippen LogP contribution in [0.3, 0.4) is 0 Å². The Morgan fingerprint density at radius 3 is 2.76 bits per heavy atom. The van der Waals surface area contributed by atoms with E-state index in [-0.39, 0.29) is 0 Å². The number of anilines is 1. The molecule has 2 heterocycles. The van der Waals surface area contributed by atoms with E-state index in [1.165, 1.54) is 0 Å². The van der Waals surface area contributed by atoms with Gasteiger partial charge in [0.25, 0.3) is 0 Å². The Morgan fingerprint density at radius 1 is 1.24 bits per heavy atom. The zero-order valence-corrected chi connectivity index (χ0v) is 9.75. The Kier molecular flexibility index (Phi) is 1.95. The molecule has 0 aliphatic rings. The summed E-state index contributed by atoms with van der Waals surface area (Å²) in [6.45, 7) is 0. The summed E-state index contributed by atoms with van der Waals surface area (Å²) in [5.41, 5.74) is 10.6. The van der Waals surface area contributed by atoms with Gasteiger partial charge >= 0.3 is 0 Å². The van der Waals surface area contributed by atoms with Crippen molar-refractivity contribution >= 4 is 16.7 Å². The van der Waals surface area contributed by atoms with Gasteiger partial charge in [0.15, 0.2) is 0 Å². The van der Waals surface area contributed by atoms with Crippen molar-refractivity contribution in [2.45, 2.75) is 0 Å². The molecule has 2 N–H and O–H groups in total. The van der Waals surface area contributed by atoms with Crippen LogP contribution >= 0.6 is 0 Å². The molecule has 3 rings (SSSR count). The van der Waals surface area contributed by atoms with E-state index in [1.54, 1.807) is 17.2 Å². The Bertz CT molecular complexity index is 673. The quantitative estimate of drug-likeness (QED) is 0.686. The molecule has 0 saturated heterocycles. The van der Waals surface area contributed by atoms with Crippen LogP contribution in [0.4, 0.5) is 5.69 Å². The lowest BCUT2D eigenvalue weighted by Gasteiger charge is -2.04.